The normalized spacial score (nSPS) is 30.9. The zero-order valence-electron chi connectivity index (χ0n) is 6.35. The molecule has 0 aromatic rings. The summed E-state index contributed by atoms with van der Waals surface area (Å²) in [6, 6.07) is -5.67. The van der Waals surface area contributed by atoms with Gasteiger partial charge in [0.1, 0.15) is 0 Å². The number of hydrogen-bond donors (Lipinski definition) is 0. The highest BCUT2D eigenvalue weighted by molar-refractivity contribution is 6.67. The summed E-state index contributed by atoms with van der Waals surface area (Å²) in [5.41, 5.74) is 0. The molecule has 0 aromatic carbocycles. The molecular weight excluding hydrogens is 261 g/mol. The summed E-state index contributed by atoms with van der Waals surface area (Å²) in [7, 11) is 0. The minimum Gasteiger partial charge on any atom is -0.197 e. The molecule has 1 aliphatic rings. The molecule has 0 saturated carbocycles. The van der Waals surface area contributed by atoms with Gasteiger partial charge < -0.3 is 0 Å². The van der Waals surface area contributed by atoms with Crippen LogP contribution in [0.2, 0.25) is 0 Å². The lowest BCUT2D eigenvalue weighted by molar-refractivity contribution is -0.356. The highest BCUT2D eigenvalue weighted by Gasteiger charge is 2.85. The molecule has 1 heterocycles. The van der Waals surface area contributed by atoms with Gasteiger partial charge in [0.15, 0.2) is 5.17 Å². The molecule has 0 spiro atoms. The van der Waals surface area contributed by atoms with Crippen LogP contribution in [0.5, 0.6) is 0 Å². The Kier molecular flexibility index (Phi) is 2.28. The second kappa shape index (κ2) is 2.74. The lowest BCUT2D eigenvalue weighted by Gasteiger charge is -2.38. The van der Waals surface area contributed by atoms with Gasteiger partial charge in [-0.05, 0) is 0 Å². The number of alkyl halides is 8. The summed E-state index contributed by atoms with van der Waals surface area (Å²) in [6.07, 6.45) is 0. The van der Waals surface area contributed by atoms with Crippen molar-refractivity contribution in [1.82, 2.24) is 0 Å². The van der Waals surface area contributed by atoms with Crippen molar-refractivity contribution in [2.45, 2.75) is 23.8 Å². The van der Waals surface area contributed by atoms with Gasteiger partial charge in [-0.15, -0.1) is 0 Å². The van der Waals surface area contributed by atoms with Gasteiger partial charge in [-0.1, -0.05) is 11.6 Å². The molecule has 0 aliphatic carbocycles. The molecule has 0 radical (unpaired) electrons. The van der Waals surface area contributed by atoms with Crippen LogP contribution >= 0.6 is 11.6 Å². The van der Waals surface area contributed by atoms with E-state index in [-0.39, 0.29) is 0 Å². The number of halogens is 9. The van der Waals surface area contributed by atoms with Crippen molar-refractivity contribution in [3.63, 3.8) is 0 Å². The Hall–Kier alpha value is -0.600. The minimum atomic E-state index is -6.30. The Morgan fingerprint density at radius 2 is 1.20 bits per heavy atom. The first-order chi connectivity index (χ1) is 6.38. The van der Waals surface area contributed by atoms with Gasteiger partial charge in [-0.3, -0.25) is 0 Å². The van der Waals surface area contributed by atoms with Gasteiger partial charge in [-0.25, -0.2) is 0 Å². The van der Waals surface area contributed by atoms with E-state index in [1.807, 2.05) is 0 Å². The van der Waals surface area contributed by atoms with Crippen molar-refractivity contribution >= 4 is 16.8 Å². The predicted octanol–water partition coefficient (Wildman–Crippen LogP) is 3.14. The first-order valence-corrected chi connectivity index (χ1v) is 3.53. The topological polar surface area (TPSA) is 12.4 Å². The summed E-state index contributed by atoms with van der Waals surface area (Å²) in [5.74, 6) is -18.2. The maximum absolute atomic E-state index is 12.4. The molecule has 0 unspecified atom stereocenters. The average Bonchev–Trinajstić information content (AvgIpc) is 2.00. The van der Waals surface area contributed by atoms with E-state index in [1.165, 1.54) is 4.99 Å². The van der Waals surface area contributed by atoms with Gasteiger partial charge in [0.05, 0.1) is 0 Å². The van der Waals surface area contributed by atoms with Crippen molar-refractivity contribution in [1.29, 1.82) is 0 Å². The van der Waals surface area contributed by atoms with Crippen LogP contribution in [0.4, 0.5) is 35.1 Å². The molecule has 0 aromatic heterocycles. The van der Waals surface area contributed by atoms with Crippen molar-refractivity contribution in [3.8, 4) is 0 Å². The van der Waals surface area contributed by atoms with Crippen LogP contribution in [0.25, 0.3) is 0 Å². The molecule has 0 N–H and O–H groups in total. The molecule has 0 atom stereocenters. The molecular formula is C5ClF8N. The zero-order valence-corrected chi connectivity index (χ0v) is 7.10. The van der Waals surface area contributed by atoms with Gasteiger partial charge in [0, 0.05) is 0 Å². The second-order valence-corrected chi connectivity index (χ2v) is 3.03. The molecule has 88 valence electrons. The van der Waals surface area contributed by atoms with E-state index >= 15 is 0 Å². The van der Waals surface area contributed by atoms with Crippen molar-refractivity contribution in [3.05, 3.63) is 0 Å². The number of hydrogen-bond acceptors (Lipinski definition) is 1. The van der Waals surface area contributed by atoms with Gasteiger partial charge >= 0.3 is 23.8 Å². The van der Waals surface area contributed by atoms with Crippen LogP contribution in [0.3, 0.4) is 0 Å². The first-order valence-electron chi connectivity index (χ1n) is 3.15. The highest BCUT2D eigenvalue weighted by Crippen LogP contribution is 2.57. The summed E-state index contributed by atoms with van der Waals surface area (Å²) < 4.78 is 98.5. The van der Waals surface area contributed by atoms with Gasteiger partial charge in [0.25, 0.3) is 0 Å². The monoisotopic (exact) mass is 261 g/mol. The lowest BCUT2D eigenvalue weighted by atomic mass is 10.0. The van der Waals surface area contributed by atoms with E-state index in [0.717, 1.165) is 0 Å². The van der Waals surface area contributed by atoms with Crippen molar-refractivity contribution in [2.75, 3.05) is 0 Å². The summed E-state index contributed by atoms with van der Waals surface area (Å²) in [6.45, 7) is 0. The SMILES string of the molecule is FC1(F)N=C(Cl)C(F)(F)C(F)(F)C1(F)F. The van der Waals surface area contributed by atoms with E-state index in [9.17, 15) is 35.1 Å². The Morgan fingerprint density at radius 1 is 0.800 bits per heavy atom. The van der Waals surface area contributed by atoms with E-state index in [4.69, 9.17) is 0 Å². The Labute approximate surface area is 81.7 Å². The highest BCUT2D eigenvalue weighted by atomic mass is 35.5. The third-order valence-electron chi connectivity index (χ3n) is 1.66. The van der Waals surface area contributed by atoms with Gasteiger partial charge in [-0.2, -0.15) is 40.1 Å². The third-order valence-corrected chi connectivity index (χ3v) is 1.99. The number of nitrogens with zero attached hydrogens (tertiary/aromatic N) is 1. The maximum atomic E-state index is 12.4. The summed E-state index contributed by atoms with van der Waals surface area (Å²) >= 11 is 4.31. The Balaban J connectivity index is 3.49. The predicted molar refractivity (Wildman–Crippen MR) is 33.1 cm³/mol. The van der Waals surface area contributed by atoms with Crippen molar-refractivity contribution < 1.29 is 35.1 Å². The molecule has 10 heteroatoms. The number of aliphatic imine (C=N–C) groups is 1. The van der Waals surface area contributed by atoms with E-state index in [1.54, 1.807) is 0 Å². The van der Waals surface area contributed by atoms with Crippen LogP contribution in [-0.2, 0) is 0 Å². The maximum Gasteiger partial charge on any atom is 0.412 e. The van der Waals surface area contributed by atoms with E-state index < -0.39 is 29.0 Å². The van der Waals surface area contributed by atoms with Crippen LogP contribution in [0.15, 0.2) is 4.99 Å². The standard InChI is InChI=1S/C5ClF8N/c6-1-2(7,8)3(9,10)4(11,12)5(13,14)15-1. The second-order valence-electron chi connectivity index (χ2n) is 2.67. The first kappa shape index (κ1) is 12.5. The van der Waals surface area contributed by atoms with Crippen LogP contribution in [0.1, 0.15) is 0 Å². The molecule has 15 heavy (non-hydrogen) atoms. The summed E-state index contributed by atoms with van der Waals surface area (Å²) in [4.78, 5) is 1.38. The molecule has 0 saturated heterocycles. The average molecular weight is 261 g/mol. The molecule has 0 fully saturated rings. The fraction of sp³-hybridized carbons (Fsp3) is 0.800. The fourth-order valence-corrected chi connectivity index (χ4v) is 1.00. The molecule has 0 bridgehead atoms. The van der Waals surface area contributed by atoms with Crippen LogP contribution < -0.4 is 0 Å². The van der Waals surface area contributed by atoms with E-state index in [0.29, 0.717) is 0 Å². The molecule has 1 aliphatic heterocycles. The minimum absolute atomic E-state index is 1.38. The molecule has 1 nitrogen and oxygen atoms in total. The molecule has 0 amide bonds. The summed E-state index contributed by atoms with van der Waals surface area (Å²) in [5, 5.41) is -2.55. The largest absolute Gasteiger partial charge is 0.412 e. The number of rotatable bonds is 0. The Bertz CT molecular complexity index is 321. The quantitative estimate of drug-likeness (QED) is 0.469. The van der Waals surface area contributed by atoms with Gasteiger partial charge in [0.2, 0.25) is 0 Å². The third kappa shape index (κ3) is 1.25. The van der Waals surface area contributed by atoms with Crippen LogP contribution in [-0.4, -0.2) is 29.0 Å². The van der Waals surface area contributed by atoms with Crippen molar-refractivity contribution in [2.24, 2.45) is 4.99 Å². The smallest absolute Gasteiger partial charge is 0.197 e. The Morgan fingerprint density at radius 3 is 1.60 bits per heavy atom. The van der Waals surface area contributed by atoms with Crippen LogP contribution in [0, 0.1) is 0 Å². The van der Waals surface area contributed by atoms with E-state index in [2.05, 4.69) is 11.6 Å². The fourth-order valence-electron chi connectivity index (χ4n) is 0.779. The molecule has 1 rings (SSSR count). The zero-order chi connectivity index (χ0) is 12.3. The lowest BCUT2D eigenvalue weighted by Crippen LogP contribution is -2.67.